The van der Waals surface area contributed by atoms with Crippen molar-refractivity contribution < 1.29 is 14.1 Å². The van der Waals surface area contributed by atoms with Crippen LogP contribution in [0.4, 0.5) is 0 Å². The number of benzene rings is 3. The minimum atomic E-state index is 0.0665. The van der Waals surface area contributed by atoms with Gasteiger partial charge in [0, 0.05) is 28.1 Å². The van der Waals surface area contributed by atoms with Gasteiger partial charge in [-0.25, -0.2) is 0 Å². The van der Waals surface area contributed by atoms with Gasteiger partial charge in [0.1, 0.15) is 6.10 Å². The van der Waals surface area contributed by atoms with E-state index in [1.165, 1.54) is 32.7 Å². The van der Waals surface area contributed by atoms with Crippen LogP contribution in [0.1, 0.15) is 42.0 Å². The zero-order valence-corrected chi connectivity index (χ0v) is 21.8. The molecule has 1 atom stereocenters. The molecule has 0 aliphatic heterocycles. The molecule has 0 bridgehead atoms. The summed E-state index contributed by atoms with van der Waals surface area (Å²) in [5, 5.41) is 8.02. The molecule has 0 amide bonds. The quantitative estimate of drug-likeness (QED) is 0.217. The smallest absolute Gasteiger partial charge is 0.293 e. The van der Waals surface area contributed by atoms with Gasteiger partial charge in [0.05, 0.1) is 0 Å². The third-order valence-electron chi connectivity index (χ3n) is 7.56. The first-order valence-electron chi connectivity index (χ1n) is 12.7. The first-order valence-corrected chi connectivity index (χ1v) is 13.9. The summed E-state index contributed by atoms with van der Waals surface area (Å²) in [6.45, 7) is 2.68. The molecule has 7 heteroatoms. The number of carbonyl (C=O) groups is 1. The van der Waals surface area contributed by atoms with E-state index in [0.29, 0.717) is 30.3 Å². The summed E-state index contributed by atoms with van der Waals surface area (Å²) >= 11 is 1.76. The number of aryl methyl sites for hydroxylation is 2. The number of rotatable bonds is 8. The molecule has 3 aromatic carbocycles. The van der Waals surface area contributed by atoms with Gasteiger partial charge in [-0.2, -0.15) is 4.98 Å². The van der Waals surface area contributed by atoms with Gasteiger partial charge >= 0.3 is 0 Å². The SMILES string of the molecule is CSc1ccccc1-c1ccc(-c2nc(-c3ccc4c(c3)CCC4NC3CC(OC=O)C3)no2)cc1C. The second-order valence-corrected chi connectivity index (χ2v) is 10.7. The average molecular weight is 512 g/mol. The van der Waals surface area contributed by atoms with Crippen molar-refractivity contribution in [1.29, 1.82) is 0 Å². The Balaban J connectivity index is 1.18. The molecule has 1 fully saturated rings. The Morgan fingerprint density at radius 1 is 1.05 bits per heavy atom. The van der Waals surface area contributed by atoms with Crippen LogP contribution >= 0.6 is 11.8 Å². The van der Waals surface area contributed by atoms with Crippen LogP contribution in [0.2, 0.25) is 0 Å². The summed E-state index contributed by atoms with van der Waals surface area (Å²) in [5.74, 6) is 1.14. The molecule has 37 heavy (non-hydrogen) atoms. The third-order valence-corrected chi connectivity index (χ3v) is 8.35. The molecule has 0 radical (unpaired) electrons. The van der Waals surface area contributed by atoms with Gasteiger partial charge in [0.25, 0.3) is 12.4 Å². The second kappa shape index (κ2) is 10.1. The third kappa shape index (κ3) is 4.69. The maximum atomic E-state index is 10.5. The summed E-state index contributed by atoms with van der Waals surface area (Å²) in [7, 11) is 0. The largest absolute Gasteiger partial charge is 0.464 e. The maximum Gasteiger partial charge on any atom is 0.293 e. The van der Waals surface area contributed by atoms with Crippen molar-refractivity contribution >= 4 is 18.2 Å². The van der Waals surface area contributed by atoms with Crippen LogP contribution in [0, 0.1) is 6.92 Å². The number of carbonyl (C=O) groups excluding carboxylic acids is 1. The molecule has 1 heterocycles. The molecule has 6 nitrogen and oxygen atoms in total. The van der Waals surface area contributed by atoms with Crippen molar-refractivity contribution in [2.24, 2.45) is 0 Å². The average Bonchev–Trinajstić information content (AvgIpc) is 3.55. The van der Waals surface area contributed by atoms with Gasteiger partial charge in [-0.05, 0) is 90.9 Å². The molecule has 188 valence electrons. The van der Waals surface area contributed by atoms with Crippen LogP contribution in [-0.4, -0.2) is 35.0 Å². The Morgan fingerprint density at radius 3 is 2.70 bits per heavy atom. The monoisotopic (exact) mass is 511 g/mol. The zero-order valence-electron chi connectivity index (χ0n) is 20.9. The van der Waals surface area contributed by atoms with Crippen LogP contribution in [0.15, 0.2) is 70.1 Å². The van der Waals surface area contributed by atoms with Crippen molar-refractivity contribution in [3.63, 3.8) is 0 Å². The van der Waals surface area contributed by atoms with Crippen molar-refractivity contribution in [1.82, 2.24) is 15.5 Å². The van der Waals surface area contributed by atoms with Gasteiger partial charge < -0.3 is 14.6 Å². The number of hydrogen-bond donors (Lipinski definition) is 1. The fourth-order valence-corrected chi connectivity index (χ4v) is 6.14. The highest BCUT2D eigenvalue weighted by molar-refractivity contribution is 7.98. The van der Waals surface area contributed by atoms with E-state index in [-0.39, 0.29) is 6.10 Å². The molecule has 1 saturated carbocycles. The minimum Gasteiger partial charge on any atom is -0.464 e. The number of ether oxygens (including phenoxy) is 1. The molecule has 4 aromatic rings. The van der Waals surface area contributed by atoms with E-state index < -0.39 is 0 Å². The number of thioether (sulfide) groups is 1. The minimum absolute atomic E-state index is 0.0665. The number of aromatic nitrogens is 2. The highest BCUT2D eigenvalue weighted by Crippen LogP contribution is 2.37. The van der Waals surface area contributed by atoms with Gasteiger partial charge in [-0.1, -0.05) is 41.6 Å². The van der Waals surface area contributed by atoms with Gasteiger partial charge in [-0.3, -0.25) is 4.79 Å². The topological polar surface area (TPSA) is 77.3 Å². The summed E-state index contributed by atoms with van der Waals surface area (Å²) < 4.78 is 10.7. The number of nitrogens with one attached hydrogen (secondary N) is 1. The lowest BCUT2D eigenvalue weighted by molar-refractivity contribution is -0.138. The second-order valence-electron chi connectivity index (χ2n) is 9.85. The van der Waals surface area contributed by atoms with E-state index in [4.69, 9.17) is 14.2 Å². The van der Waals surface area contributed by atoms with Gasteiger partial charge in [0.15, 0.2) is 0 Å². The molecular weight excluding hydrogens is 482 g/mol. The summed E-state index contributed by atoms with van der Waals surface area (Å²) in [4.78, 5) is 16.5. The van der Waals surface area contributed by atoms with E-state index in [2.05, 4.69) is 84.3 Å². The summed E-state index contributed by atoms with van der Waals surface area (Å²) in [5.41, 5.74) is 8.18. The molecule has 6 rings (SSSR count). The van der Waals surface area contributed by atoms with Gasteiger partial charge in [0.2, 0.25) is 5.82 Å². The van der Waals surface area contributed by atoms with Crippen LogP contribution in [-0.2, 0) is 16.0 Å². The molecule has 0 saturated heterocycles. The fourth-order valence-electron chi connectivity index (χ4n) is 5.53. The molecule has 1 unspecified atom stereocenters. The fraction of sp³-hybridized carbons (Fsp3) is 0.300. The normalized spacial score (nSPS) is 20.3. The highest BCUT2D eigenvalue weighted by Gasteiger charge is 2.34. The Kier molecular flexibility index (Phi) is 6.57. The predicted octanol–water partition coefficient (Wildman–Crippen LogP) is 6.38. The Hall–Kier alpha value is -3.42. The standard InChI is InChI=1S/C30H29N3O3S/c1-18-13-21(8-10-24(18)26-5-3-4-6-28(26)37-2)30-32-29(33-36-30)20-7-11-25-19(14-20)9-12-27(25)31-22-15-23(16-22)35-17-34/h3-8,10-11,13-14,17,22-23,27,31H,9,12,15-16H2,1-2H3. The molecule has 1 aromatic heterocycles. The maximum absolute atomic E-state index is 10.5. The van der Waals surface area contributed by atoms with Crippen molar-refractivity contribution in [2.75, 3.05) is 6.26 Å². The lowest BCUT2D eigenvalue weighted by Gasteiger charge is -2.36. The van der Waals surface area contributed by atoms with Crippen molar-refractivity contribution in [2.45, 2.75) is 55.7 Å². The lowest BCUT2D eigenvalue weighted by Crippen LogP contribution is -2.46. The molecular formula is C30H29N3O3S. The highest BCUT2D eigenvalue weighted by atomic mass is 32.2. The molecule has 2 aliphatic rings. The van der Waals surface area contributed by atoms with E-state index in [9.17, 15) is 4.79 Å². The van der Waals surface area contributed by atoms with Crippen LogP contribution < -0.4 is 5.32 Å². The van der Waals surface area contributed by atoms with Crippen molar-refractivity contribution in [3.05, 3.63) is 77.4 Å². The Bertz CT molecular complexity index is 1440. The Morgan fingerprint density at radius 2 is 1.89 bits per heavy atom. The first kappa shape index (κ1) is 23.9. The zero-order chi connectivity index (χ0) is 25.4. The lowest BCUT2D eigenvalue weighted by atomic mass is 9.88. The van der Waals surface area contributed by atoms with Crippen LogP contribution in [0.5, 0.6) is 0 Å². The Labute approximate surface area is 220 Å². The predicted molar refractivity (Wildman–Crippen MR) is 145 cm³/mol. The van der Waals surface area contributed by atoms with E-state index in [0.717, 1.165) is 36.8 Å². The molecule has 1 N–H and O–H groups in total. The first-order chi connectivity index (χ1) is 18.1. The van der Waals surface area contributed by atoms with Crippen molar-refractivity contribution in [3.8, 4) is 34.0 Å². The number of nitrogens with zero attached hydrogens (tertiary/aromatic N) is 2. The van der Waals surface area contributed by atoms with E-state index in [1.807, 2.05) is 0 Å². The van der Waals surface area contributed by atoms with E-state index in [1.54, 1.807) is 11.8 Å². The van der Waals surface area contributed by atoms with Crippen LogP contribution in [0.3, 0.4) is 0 Å². The van der Waals surface area contributed by atoms with Crippen LogP contribution in [0.25, 0.3) is 34.0 Å². The number of hydrogen-bond acceptors (Lipinski definition) is 7. The molecule has 0 spiro atoms. The van der Waals surface area contributed by atoms with E-state index >= 15 is 0 Å². The summed E-state index contributed by atoms with van der Waals surface area (Å²) in [6.07, 6.45) is 6.03. The summed E-state index contributed by atoms with van der Waals surface area (Å²) in [6, 6.07) is 22.0. The number of fused-ring (bicyclic) bond motifs is 1. The molecule has 2 aliphatic carbocycles. The van der Waals surface area contributed by atoms with Gasteiger partial charge in [-0.15, -0.1) is 11.8 Å².